The number of carbonyl (C=O) groups is 1. The number of hydrogen-bond donors (Lipinski definition) is 1. The van der Waals surface area contributed by atoms with Gasteiger partial charge >= 0.3 is 5.97 Å². The standard InChI is InChI=1S/C20H14N4O2/c25-20(26)19-13-22-23-24(19)15-10-8-14(9-11-15)16-5-1-2-6-17(16)18-7-3-4-12-21-18/h1-13H,(H,25,26). The molecule has 6 nitrogen and oxygen atoms in total. The monoisotopic (exact) mass is 342 g/mol. The van der Waals surface area contributed by atoms with Crippen molar-refractivity contribution in [1.82, 2.24) is 20.0 Å². The van der Waals surface area contributed by atoms with Gasteiger partial charge in [0.15, 0.2) is 5.69 Å². The van der Waals surface area contributed by atoms with Crippen LogP contribution in [0, 0.1) is 0 Å². The molecule has 0 aliphatic heterocycles. The molecule has 0 saturated carbocycles. The first-order valence-electron chi connectivity index (χ1n) is 7.99. The Bertz CT molecular complexity index is 1060. The normalized spacial score (nSPS) is 10.6. The highest BCUT2D eigenvalue weighted by molar-refractivity contribution is 5.86. The van der Waals surface area contributed by atoms with Crippen LogP contribution in [0.3, 0.4) is 0 Å². The molecule has 0 bridgehead atoms. The molecule has 1 N–H and O–H groups in total. The zero-order chi connectivity index (χ0) is 17.9. The van der Waals surface area contributed by atoms with Crippen LogP contribution in [-0.2, 0) is 0 Å². The Morgan fingerprint density at radius 1 is 0.885 bits per heavy atom. The van der Waals surface area contributed by atoms with E-state index in [4.69, 9.17) is 0 Å². The van der Waals surface area contributed by atoms with E-state index in [9.17, 15) is 9.90 Å². The zero-order valence-electron chi connectivity index (χ0n) is 13.6. The van der Waals surface area contributed by atoms with Gasteiger partial charge in [0.2, 0.25) is 0 Å². The molecule has 0 amide bonds. The van der Waals surface area contributed by atoms with Gasteiger partial charge < -0.3 is 5.11 Å². The summed E-state index contributed by atoms with van der Waals surface area (Å²) in [5.41, 5.74) is 4.65. The first-order chi connectivity index (χ1) is 12.7. The van der Waals surface area contributed by atoms with E-state index in [2.05, 4.69) is 15.3 Å². The Morgan fingerprint density at radius 2 is 1.62 bits per heavy atom. The third-order valence-electron chi connectivity index (χ3n) is 4.06. The fourth-order valence-electron chi connectivity index (χ4n) is 2.83. The molecule has 0 saturated heterocycles. The number of benzene rings is 2. The highest BCUT2D eigenvalue weighted by atomic mass is 16.4. The van der Waals surface area contributed by atoms with Crippen molar-refractivity contribution in [3.63, 3.8) is 0 Å². The molecule has 2 aromatic carbocycles. The lowest BCUT2D eigenvalue weighted by atomic mass is 9.97. The Balaban J connectivity index is 1.75. The fourth-order valence-corrected chi connectivity index (χ4v) is 2.83. The van der Waals surface area contributed by atoms with Crippen LogP contribution in [0.4, 0.5) is 0 Å². The largest absolute Gasteiger partial charge is 0.476 e. The lowest BCUT2D eigenvalue weighted by Gasteiger charge is -2.10. The summed E-state index contributed by atoms with van der Waals surface area (Å²) >= 11 is 0. The predicted molar refractivity (Wildman–Crippen MR) is 97.0 cm³/mol. The molecule has 4 rings (SSSR count). The van der Waals surface area contributed by atoms with Crippen molar-refractivity contribution < 1.29 is 9.90 Å². The van der Waals surface area contributed by atoms with Crippen molar-refractivity contribution in [3.05, 3.63) is 84.8 Å². The molecular weight excluding hydrogens is 328 g/mol. The maximum Gasteiger partial charge on any atom is 0.356 e. The van der Waals surface area contributed by atoms with E-state index in [1.54, 1.807) is 6.20 Å². The van der Waals surface area contributed by atoms with Crippen molar-refractivity contribution >= 4 is 5.97 Å². The van der Waals surface area contributed by atoms with Gasteiger partial charge in [-0.2, -0.15) is 0 Å². The first-order valence-corrected chi connectivity index (χ1v) is 7.99. The van der Waals surface area contributed by atoms with Crippen molar-refractivity contribution in [2.45, 2.75) is 0 Å². The molecule has 26 heavy (non-hydrogen) atoms. The molecule has 0 radical (unpaired) electrons. The van der Waals surface area contributed by atoms with E-state index < -0.39 is 5.97 Å². The van der Waals surface area contributed by atoms with E-state index >= 15 is 0 Å². The molecule has 2 heterocycles. The number of rotatable bonds is 4. The SMILES string of the molecule is O=C(O)c1cnnn1-c1ccc(-c2ccccc2-c2ccccn2)cc1. The maximum atomic E-state index is 11.2. The van der Waals surface area contributed by atoms with Gasteiger partial charge in [0.1, 0.15) is 0 Å². The van der Waals surface area contributed by atoms with Gasteiger partial charge in [-0.15, -0.1) is 5.10 Å². The fraction of sp³-hybridized carbons (Fsp3) is 0. The number of aromatic carboxylic acids is 1. The topological polar surface area (TPSA) is 80.9 Å². The zero-order valence-corrected chi connectivity index (χ0v) is 13.6. The van der Waals surface area contributed by atoms with Gasteiger partial charge in [0.05, 0.1) is 17.6 Å². The number of carboxylic acids is 1. The Kier molecular flexibility index (Phi) is 3.99. The Labute approximate surface area is 149 Å². The van der Waals surface area contributed by atoms with Crippen molar-refractivity contribution in [1.29, 1.82) is 0 Å². The average molecular weight is 342 g/mol. The minimum absolute atomic E-state index is 0.0200. The average Bonchev–Trinajstić information content (AvgIpc) is 3.19. The van der Waals surface area contributed by atoms with Crippen LogP contribution in [0.2, 0.25) is 0 Å². The smallest absolute Gasteiger partial charge is 0.356 e. The molecule has 2 aromatic heterocycles. The maximum absolute atomic E-state index is 11.2. The number of pyridine rings is 1. The van der Waals surface area contributed by atoms with E-state index in [-0.39, 0.29) is 5.69 Å². The summed E-state index contributed by atoms with van der Waals surface area (Å²) in [6.45, 7) is 0. The molecule has 0 unspecified atom stereocenters. The predicted octanol–water partition coefficient (Wildman–Crippen LogP) is 3.69. The number of carboxylic acid groups (broad SMARTS) is 1. The third-order valence-corrected chi connectivity index (χ3v) is 4.06. The molecule has 0 aliphatic rings. The van der Waals surface area contributed by atoms with Crippen molar-refractivity contribution in [2.75, 3.05) is 0 Å². The first kappa shape index (κ1) is 15.7. The Morgan fingerprint density at radius 3 is 2.31 bits per heavy atom. The molecule has 126 valence electrons. The summed E-state index contributed by atoms with van der Waals surface area (Å²) < 4.78 is 1.30. The van der Waals surface area contributed by atoms with E-state index in [0.29, 0.717) is 5.69 Å². The molecule has 0 spiro atoms. The second-order valence-corrected chi connectivity index (χ2v) is 5.64. The number of aromatic nitrogens is 4. The highest BCUT2D eigenvalue weighted by Crippen LogP contribution is 2.31. The lowest BCUT2D eigenvalue weighted by molar-refractivity contribution is 0.0687. The van der Waals surface area contributed by atoms with Gasteiger partial charge in [-0.05, 0) is 35.4 Å². The van der Waals surface area contributed by atoms with Gasteiger partial charge in [0, 0.05) is 11.8 Å². The van der Waals surface area contributed by atoms with Gasteiger partial charge in [-0.25, -0.2) is 9.48 Å². The van der Waals surface area contributed by atoms with Crippen LogP contribution in [0.25, 0.3) is 28.1 Å². The lowest BCUT2D eigenvalue weighted by Crippen LogP contribution is -2.07. The summed E-state index contributed by atoms with van der Waals surface area (Å²) in [5.74, 6) is -1.07. The molecule has 0 fully saturated rings. The van der Waals surface area contributed by atoms with E-state index in [1.807, 2.05) is 66.7 Å². The molecule has 4 aromatic rings. The molecular formula is C20H14N4O2. The van der Waals surface area contributed by atoms with Gasteiger partial charge in [0.25, 0.3) is 0 Å². The molecule has 6 heteroatoms. The third kappa shape index (κ3) is 2.84. The van der Waals surface area contributed by atoms with Crippen molar-refractivity contribution in [2.24, 2.45) is 0 Å². The highest BCUT2D eigenvalue weighted by Gasteiger charge is 2.13. The van der Waals surface area contributed by atoms with E-state index in [0.717, 1.165) is 22.4 Å². The second kappa shape index (κ2) is 6.60. The minimum atomic E-state index is -1.07. The summed E-state index contributed by atoms with van der Waals surface area (Å²) in [7, 11) is 0. The minimum Gasteiger partial charge on any atom is -0.476 e. The summed E-state index contributed by atoms with van der Waals surface area (Å²) in [5, 5.41) is 16.7. The van der Waals surface area contributed by atoms with Crippen LogP contribution in [0.15, 0.2) is 79.1 Å². The number of nitrogens with zero attached hydrogens (tertiary/aromatic N) is 4. The van der Waals surface area contributed by atoms with E-state index in [1.165, 1.54) is 10.9 Å². The second-order valence-electron chi connectivity index (χ2n) is 5.64. The number of hydrogen-bond acceptors (Lipinski definition) is 4. The molecule has 0 atom stereocenters. The summed E-state index contributed by atoms with van der Waals surface area (Å²) in [6, 6.07) is 21.4. The Hall–Kier alpha value is -3.80. The van der Waals surface area contributed by atoms with Crippen LogP contribution in [0.5, 0.6) is 0 Å². The van der Waals surface area contributed by atoms with Gasteiger partial charge in [-0.1, -0.05) is 47.7 Å². The van der Waals surface area contributed by atoms with Crippen LogP contribution < -0.4 is 0 Å². The summed E-state index contributed by atoms with van der Waals surface area (Å²) in [4.78, 5) is 15.7. The van der Waals surface area contributed by atoms with Gasteiger partial charge in [-0.3, -0.25) is 4.98 Å². The quantitative estimate of drug-likeness (QED) is 0.612. The molecule has 0 aliphatic carbocycles. The van der Waals surface area contributed by atoms with Crippen LogP contribution >= 0.6 is 0 Å². The summed E-state index contributed by atoms with van der Waals surface area (Å²) in [6.07, 6.45) is 3.00. The van der Waals surface area contributed by atoms with Crippen LogP contribution in [0.1, 0.15) is 10.5 Å². The van der Waals surface area contributed by atoms with Crippen LogP contribution in [-0.4, -0.2) is 31.1 Å². The van der Waals surface area contributed by atoms with Crippen molar-refractivity contribution in [3.8, 4) is 28.1 Å².